The fourth-order valence-electron chi connectivity index (χ4n) is 3.64. The van der Waals surface area contributed by atoms with Crippen molar-refractivity contribution in [1.82, 2.24) is 10.2 Å². The predicted molar refractivity (Wildman–Crippen MR) is 132 cm³/mol. The molecule has 0 unspecified atom stereocenters. The monoisotopic (exact) mass is 496 g/mol. The van der Waals surface area contributed by atoms with Crippen LogP contribution >= 0.6 is 0 Å². The highest BCUT2D eigenvalue weighted by Gasteiger charge is 2.18. The fraction of sp³-hybridized carbons (Fsp3) is 0.407. The molecule has 0 saturated heterocycles. The molecule has 0 aliphatic heterocycles. The van der Waals surface area contributed by atoms with E-state index < -0.39 is 5.97 Å². The molecule has 9 nitrogen and oxygen atoms in total. The van der Waals surface area contributed by atoms with Crippen LogP contribution in [0.1, 0.15) is 60.8 Å². The molecule has 3 aromatic rings. The highest BCUT2D eigenvalue weighted by atomic mass is 16.5. The summed E-state index contributed by atoms with van der Waals surface area (Å²) >= 11 is 0. The van der Waals surface area contributed by atoms with Gasteiger partial charge in [-0.2, -0.15) is 0 Å². The zero-order valence-corrected chi connectivity index (χ0v) is 21.2. The number of benzene rings is 2. The standard InChI is InChI=1S/C27H32N2O7/c1-5-6-7-8-18-9-11-19(12-10-18)21(30)13-14-25(31)35-17-24-28-29-27(36-24)20-15-22(32-2)26(34-4)23(16-20)33-3/h9-12,15-16H,5-8,13-14,17H2,1-4H3. The van der Waals surface area contributed by atoms with Gasteiger partial charge < -0.3 is 23.4 Å². The molecule has 2 aromatic carbocycles. The van der Waals surface area contributed by atoms with Crippen molar-refractivity contribution >= 4 is 11.8 Å². The van der Waals surface area contributed by atoms with Crippen LogP contribution < -0.4 is 14.2 Å². The number of Topliss-reactive ketones (excluding diaryl/α,β-unsaturated/α-hetero) is 1. The molecule has 0 bridgehead atoms. The van der Waals surface area contributed by atoms with E-state index in [4.69, 9.17) is 23.4 Å². The Bertz CT molecular complexity index is 1130. The molecule has 1 heterocycles. The molecule has 0 aliphatic carbocycles. The Balaban J connectivity index is 1.50. The van der Waals surface area contributed by atoms with Gasteiger partial charge in [0.05, 0.1) is 27.8 Å². The number of ketones is 1. The number of carbonyl (C=O) groups excluding carboxylic acids is 2. The van der Waals surface area contributed by atoms with Gasteiger partial charge in [0.1, 0.15) is 0 Å². The Labute approximate surface area is 210 Å². The van der Waals surface area contributed by atoms with Gasteiger partial charge in [-0.05, 0) is 30.5 Å². The molecule has 0 saturated carbocycles. The third-order valence-corrected chi connectivity index (χ3v) is 5.64. The Hall–Kier alpha value is -3.88. The second-order valence-corrected chi connectivity index (χ2v) is 8.15. The molecule has 9 heteroatoms. The van der Waals surface area contributed by atoms with Crippen LogP contribution in [-0.2, 0) is 22.6 Å². The average Bonchev–Trinajstić information content (AvgIpc) is 3.39. The number of ether oxygens (including phenoxy) is 4. The Morgan fingerprint density at radius 1 is 0.889 bits per heavy atom. The quantitative estimate of drug-likeness (QED) is 0.169. The summed E-state index contributed by atoms with van der Waals surface area (Å²) < 4.78 is 26.8. The van der Waals surface area contributed by atoms with Crippen LogP contribution in [0.5, 0.6) is 17.2 Å². The minimum absolute atomic E-state index is 0.0367. The van der Waals surface area contributed by atoms with Crippen LogP contribution in [0.15, 0.2) is 40.8 Å². The summed E-state index contributed by atoms with van der Waals surface area (Å²) in [6.07, 6.45) is 4.54. The molecule has 0 atom stereocenters. The van der Waals surface area contributed by atoms with Gasteiger partial charge in [0.25, 0.3) is 5.89 Å². The Morgan fingerprint density at radius 3 is 2.19 bits per heavy atom. The van der Waals surface area contributed by atoms with Gasteiger partial charge in [0, 0.05) is 17.5 Å². The third-order valence-electron chi connectivity index (χ3n) is 5.64. The summed E-state index contributed by atoms with van der Waals surface area (Å²) in [4.78, 5) is 24.6. The SMILES string of the molecule is CCCCCc1ccc(C(=O)CCC(=O)OCc2nnc(-c3cc(OC)c(OC)c(OC)c3)o2)cc1. The van der Waals surface area contributed by atoms with E-state index in [0.29, 0.717) is 28.4 Å². The summed E-state index contributed by atoms with van der Waals surface area (Å²) in [6, 6.07) is 10.9. The van der Waals surface area contributed by atoms with E-state index in [9.17, 15) is 9.59 Å². The van der Waals surface area contributed by atoms with Crippen molar-refractivity contribution in [2.75, 3.05) is 21.3 Å². The number of methoxy groups -OCH3 is 3. The summed E-state index contributed by atoms with van der Waals surface area (Å²) in [5.74, 6) is 1.02. The van der Waals surface area contributed by atoms with Crippen LogP contribution in [-0.4, -0.2) is 43.3 Å². The normalized spacial score (nSPS) is 10.7. The van der Waals surface area contributed by atoms with Crippen molar-refractivity contribution in [1.29, 1.82) is 0 Å². The summed E-state index contributed by atoms with van der Waals surface area (Å²) in [5.41, 5.74) is 2.36. The van der Waals surface area contributed by atoms with Gasteiger partial charge in [0.2, 0.25) is 11.6 Å². The highest BCUT2D eigenvalue weighted by molar-refractivity contribution is 5.97. The van der Waals surface area contributed by atoms with E-state index in [-0.39, 0.29) is 37.0 Å². The van der Waals surface area contributed by atoms with E-state index in [2.05, 4.69) is 17.1 Å². The number of unbranched alkanes of at least 4 members (excludes halogenated alkanes) is 2. The van der Waals surface area contributed by atoms with Crippen molar-refractivity contribution in [3.63, 3.8) is 0 Å². The summed E-state index contributed by atoms with van der Waals surface area (Å²) in [5, 5.41) is 7.92. The Kier molecular flexibility index (Phi) is 9.85. The highest BCUT2D eigenvalue weighted by Crippen LogP contribution is 2.40. The molecule has 0 N–H and O–H groups in total. The molecule has 0 spiro atoms. The molecule has 1 aromatic heterocycles. The van der Waals surface area contributed by atoms with E-state index in [0.717, 1.165) is 12.8 Å². The van der Waals surface area contributed by atoms with Gasteiger partial charge in [-0.15, -0.1) is 10.2 Å². The van der Waals surface area contributed by atoms with Crippen LogP contribution in [0.2, 0.25) is 0 Å². The van der Waals surface area contributed by atoms with Gasteiger partial charge >= 0.3 is 5.97 Å². The van der Waals surface area contributed by atoms with Crippen LogP contribution in [0.3, 0.4) is 0 Å². The average molecular weight is 497 g/mol. The van der Waals surface area contributed by atoms with Crippen molar-refractivity contribution in [3.8, 4) is 28.7 Å². The number of nitrogens with zero attached hydrogens (tertiary/aromatic N) is 2. The molecule has 0 aliphatic rings. The van der Waals surface area contributed by atoms with E-state index in [1.54, 1.807) is 12.1 Å². The molecular weight excluding hydrogens is 464 g/mol. The topological polar surface area (TPSA) is 110 Å². The van der Waals surface area contributed by atoms with Crippen molar-refractivity contribution in [2.24, 2.45) is 0 Å². The zero-order valence-electron chi connectivity index (χ0n) is 21.2. The molecule has 192 valence electrons. The van der Waals surface area contributed by atoms with Crippen molar-refractivity contribution in [3.05, 3.63) is 53.4 Å². The molecule has 3 rings (SSSR count). The predicted octanol–water partition coefficient (Wildman–Crippen LogP) is 5.20. The van der Waals surface area contributed by atoms with Gasteiger partial charge in [0.15, 0.2) is 23.9 Å². The van der Waals surface area contributed by atoms with Crippen molar-refractivity contribution < 1.29 is 33.0 Å². The smallest absolute Gasteiger partial charge is 0.306 e. The Morgan fingerprint density at radius 2 is 1.58 bits per heavy atom. The molecule has 0 amide bonds. The second-order valence-electron chi connectivity index (χ2n) is 8.15. The summed E-state index contributed by atoms with van der Waals surface area (Å²) in [6.45, 7) is 1.97. The number of aryl methyl sites for hydroxylation is 1. The third kappa shape index (κ3) is 7.07. The number of rotatable bonds is 14. The molecule has 0 fully saturated rings. The lowest BCUT2D eigenvalue weighted by molar-refractivity contribution is -0.145. The van der Waals surface area contributed by atoms with Gasteiger partial charge in [-0.3, -0.25) is 9.59 Å². The number of aromatic nitrogens is 2. The van der Waals surface area contributed by atoms with E-state index >= 15 is 0 Å². The number of esters is 1. The lowest BCUT2D eigenvalue weighted by atomic mass is 10.0. The first-order chi connectivity index (χ1) is 17.5. The fourth-order valence-corrected chi connectivity index (χ4v) is 3.64. The summed E-state index contributed by atoms with van der Waals surface area (Å²) in [7, 11) is 4.53. The second kappa shape index (κ2) is 13.3. The first-order valence-electron chi connectivity index (χ1n) is 11.9. The molecule has 0 radical (unpaired) electrons. The van der Waals surface area contributed by atoms with Crippen molar-refractivity contribution in [2.45, 2.75) is 52.1 Å². The number of hydrogen-bond donors (Lipinski definition) is 0. The van der Waals surface area contributed by atoms with E-state index in [1.807, 2.05) is 24.3 Å². The maximum absolute atomic E-state index is 12.4. The lowest BCUT2D eigenvalue weighted by Gasteiger charge is -2.12. The maximum Gasteiger partial charge on any atom is 0.306 e. The first-order valence-corrected chi connectivity index (χ1v) is 11.9. The lowest BCUT2D eigenvalue weighted by Crippen LogP contribution is -2.08. The number of carbonyl (C=O) groups is 2. The van der Waals surface area contributed by atoms with Crippen LogP contribution in [0.4, 0.5) is 0 Å². The van der Waals surface area contributed by atoms with Gasteiger partial charge in [-0.25, -0.2) is 0 Å². The van der Waals surface area contributed by atoms with Gasteiger partial charge in [-0.1, -0.05) is 44.0 Å². The van der Waals surface area contributed by atoms with Crippen LogP contribution in [0.25, 0.3) is 11.5 Å². The minimum Gasteiger partial charge on any atom is -0.493 e. The zero-order chi connectivity index (χ0) is 25.9. The molecular formula is C27H32N2O7. The first kappa shape index (κ1) is 26.7. The number of hydrogen-bond acceptors (Lipinski definition) is 9. The minimum atomic E-state index is -0.521. The molecule has 36 heavy (non-hydrogen) atoms. The van der Waals surface area contributed by atoms with E-state index in [1.165, 1.54) is 39.7 Å². The largest absolute Gasteiger partial charge is 0.493 e. The van der Waals surface area contributed by atoms with Crippen LogP contribution in [0, 0.1) is 0 Å². The maximum atomic E-state index is 12.4.